The molecule has 0 radical (unpaired) electrons. The van der Waals surface area contributed by atoms with Gasteiger partial charge in [0.05, 0.1) is 12.9 Å². The summed E-state index contributed by atoms with van der Waals surface area (Å²) in [7, 11) is 0. The quantitative estimate of drug-likeness (QED) is 0.660. The van der Waals surface area contributed by atoms with Gasteiger partial charge < -0.3 is 5.32 Å². The Bertz CT molecular complexity index is 312. The Morgan fingerprint density at radius 3 is 2.67 bits per heavy atom. The lowest BCUT2D eigenvalue weighted by atomic mass is 10.1. The maximum Gasteiger partial charge on any atom is 0.0867 e. The number of hydrogen-bond donors (Lipinski definition) is 1. The first-order valence-electron chi connectivity index (χ1n) is 3.95. The third-order valence-electron chi connectivity index (χ3n) is 1.83. The van der Waals surface area contributed by atoms with Gasteiger partial charge in [-0.3, -0.25) is 4.99 Å². The molecule has 0 saturated heterocycles. The minimum absolute atomic E-state index is 0.775. The van der Waals surface area contributed by atoms with Crippen LogP contribution in [-0.2, 0) is 0 Å². The molecule has 1 heterocycles. The maximum absolute atomic E-state index is 4.13. The number of nitrogens with one attached hydrogen (secondary N) is 1. The Morgan fingerprint density at radius 1 is 1.17 bits per heavy atom. The van der Waals surface area contributed by atoms with E-state index < -0.39 is 0 Å². The molecule has 12 heavy (non-hydrogen) atoms. The van der Waals surface area contributed by atoms with Crippen molar-refractivity contribution < 1.29 is 0 Å². The average Bonchev–Trinajstić information content (AvgIpc) is 2.21. The van der Waals surface area contributed by atoms with Crippen LogP contribution in [-0.4, -0.2) is 12.9 Å². The highest BCUT2D eigenvalue weighted by atomic mass is 14.9. The summed E-state index contributed by atoms with van der Waals surface area (Å²) in [6.45, 7) is 0.775. The third-order valence-corrected chi connectivity index (χ3v) is 1.83. The molecule has 0 atom stereocenters. The van der Waals surface area contributed by atoms with E-state index in [1.54, 1.807) is 6.34 Å². The standard InChI is InChI=1S/C10H10N2/c1-2-4-9(5-3-1)10-6-11-8-12-7-10/h1-6,8H,7H2,(H,11,12). The van der Waals surface area contributed by atoms with Crippen molar-refractivity contribution in [2.75, 3.05) is 6.54 Å². The first-order chi connectivity index (χ1) is 5.97. The molecule has 2 nitrogen and oxygen atoms in total. The van der Waals surface area contributed by atoms with Crippen LogP contribution in [0.5, 0.6) is 0 Å². The fourth-order valence-electron chi connectivity index (χ4n) is 1.21. The molecule has 0 aromatic heterocycles. The van der Waals surface area contributed by atoms with E-state index in [1.807, 2.05) is 24.4 Å². The van der Waals surface area contributed by atoms with Gasteiger partial charge in [-0.25, -0.2) is 0 Å². The average molecular weight is 158 g/mol. The van der Waals surface area contributed by atoms with Crippen molar-refractivity contribution in [2.45, 2.75) is 0 Å². The first kappa shape index (κ1) is 7.10. The van der Waals surface area contributed by atoms with E-state index in [1.165, 1.54) is 11.1 Å². The number of benzene rings is 1. The molecule has 1 aliphatic heterocycles. The van der Waals surface area contributed by atoms with Gasteiger partial charge in [-0.05, 0) is 11.1 Å². The first-order valence-corrected chi connectivity index (χ1v) is 3.95. The van der Waals surface area contributed by atoms with Crippen LogP contribution in [0.1, 0.15) is 5.56 Å². The van der Waals surface area contributed by atoms with Crippen molar-refractivity contribution in [3.63, 3.8) is 0 Å². The zero-order valence-corrected chi connectivity index (χ0v) is 6.70. The summed E-state index contributed by atoms with van der Waals surface area (Å²) in [5.41, 5.74) is 2.47. The summed E-state index contributed by atoms with van der Waals surface area (Å²) < 4.78 is 0. The lowest BCUT2D eigenvalue weighted by Gasteiger charge is -2.08. The highest BCUT2D eigenvalue weighted by Crippen LogP contribution is 2.13. The summed E-state index contributed by atoms with van der Waals surface area (Å²) in [5, 5.41) is 2.98. The van der Waals surface area contributed by atoms with Crippen LogP contribution in [0.2, 0.25) is 0 Å². The van der Waals surface area contributed by atoms with E-state index in [0.29, 0.717) is 0 Å². The number of aliphatic imine (C=N–C) groups is 1. The van der Waals surface area contributed by atoms with Crippen LogP contribution in [0.25, 0.3) is 5.57 Å². The van der Waals surface area contributed by atoms with E-state index in [0.717, 1.165) is 6.54 Å². The summed E-state index contributed by atoms with van der Waals surface area (Å²) in [5.74, 6) is 0. The highest BCUT2D eigenvalue weighted by molar-refractivity contribution is 5.73. The van der Waals surface area contributed by atoms with Crippen LogP contribution in [0, 0.1) is 0 Å². The summed E-state index contributed by atoms with van der Waals surface area (Å²) in [6.07, 6.45) is 3.70. The molecule has 1 aromatic carbocycles. The molecule has 0 fully saturated rings. The largest absolute Gasteiger partial charge is 0.353 e. The predicted octanol–water partition coefficient (Wildman–Crippen LogP) is 1.66. The fraction of sp³-hybridized carbons (Fsp3) is 0.100. The van der Waals surface area contributed by atoms with E-state index in [4.69, 9.17) is 0 Å². The lowest BCUT2D eigenvalue weighted by Crippen LogP contribution is -2.09. The molecule has 0 spiro atoms. The molecule has 0 saturated carbocycles. The molecular weight excluding hydrogens is 148 g/mol. The molecule has 1 aromatic rings. The van der Waals surface area contributed by atoms with Gasteiger partial charge >= 0.3 is 0 Å². The molecule has 0 bridgehead atoms. The molecule has 60 valence electrons. The van der Waals surface area contributed by atoms with Gasteiger partial charge in [0.25, 0.3) is 0 Å². The monoisotopic (exact) mass is 158 g/mol. The van der Waals surface area contributed by atoms with Crippen molar-refractivity contribution in [1.82, 2.24) is 5.32 Å². The lowest BCUT2D eigenvalue weighted by molar-refractivity contribution is 1.15. The number of hydrogen-bond acceptors (Lipinski definition) is 2. The van der Waals surface area contributed by atoms with Crippen molar-refractivity contribution >= 4 is 11.9 Å². The van der Waals surface area contributed by atoms with Gasteiger partial charge in [0.2, 0.25) is 0 Å². The fourth-order valence-corrected chi connectivity index (χ4v) is 1.21. The third kappa shape index (κ3) is 1.37. The van der Waals surface area contributed by atoms with Crippen LogP contribution in [0.3, 0.4) is 0 Å². The van der Waals surface area contributed by atoms with E-state index in [-0.39, 0.29) is 0 Å². The molecule has 0 aliphatic carbocycles. The second kappa shape index (κ2) is 3.22. The molecule has 0 amide bonds. The second-order valence-corrected chi connectivity index (χ2v) is 2.67. The van der Waals surface area contributed by atoms with Crippen LogP contribution >= 0.6 is 0 Å². The normalized spacial score (nSPS) is 15.2. The topological polar surface area (TPSA) is 24.4 Å². The Hall–Kier alpha value is -1.57. The van der Waals surface area contributed by atoms with Crippen LogP contribution < -0.4 is 5.32 Å². The molecule has 1 N–H and O–H groups in total. The molecule has 1 aliphatic rings. The Morgan fingerprint density at radius 2 is 2.00 bits per heavy atom. The zero-order chi connectivity index (χ0) is 8.23. The van der Waals surface area contributed by atoms with Gasteiger partial charge in [0.1, 0.15) is 0 Å². The van der Waals surface area contributed by atoms with Gasteiger partial charge in [0.15, 0.2) is 0 Å². The Labute approximate surface area is 71.6 Å². The smallest absolute Gasteiger partial charge is 0.0867 e. The summed E-state index contributed by atoms with van der Waals surface area (Å²) in [6, 6.07) is 10.3. The zero-order valence-electron chi connectivity index (χ0n) is 6.70. The van der Waals surface area contributed by atoms with E-state index in [9.17, 15) is 0 Å². The van der Waals surface area contributed by atoms with Gasteiger partial charge in [-0.15, -0.1) is 0 Å². The molecular formula is C10H10N2. The summed E-state index contributed by atoms with van der Waals surface area (Å²) >= 11 is 0. The minimum Gasteiger partial charge on any atom is -0.353 e. The second-order valence-electron chi connectivity index (χ2n) is 2.67. The van der Waals surface area contributed by atoms with Crippen molar-refractivity contribution in [3.05, 3.63) is 42.1 Å². The maximum atomic E-state index is 4.13. The number of rotatable bonds is 1. The van der Waals surface area contributed by atoms with E-state index >= 15 is 0 Å². The highest BCUT2D eigenvalue weighted by Gasteiger charge is 2.00. The van der Waals surface area contributed by atoms with Gasteiger partial charge in [-0.1, -0.05) is 30.3 Å². The van der Waals surface area contributed by atoms with Crippen LogP contribution in [0.15, 0.2) is 41.5 Å². The predicted molar refractivity (Wildman–Crippen MR) is 50.9 cm³/mol. The van der Waals surface area contributed by atoms with Gasteiger partial charge in [0, 0.05) is 6.20 Å². The van der Waals surface area contributed by atoms with Gasteiger partial charge in [-0.2, -0.15) is 0 Å². The Balaban J connectivity index is 2.26. The summed E-state index contributed by atoms with van der Waals surface area (Å²) in [4.78, 5) is 4.13. The molecule has 2 rings (SSSR count). The van der Waals surface area contributed by atoms with Crippen LogP contribution in [0.4, 0.5) is 0 Å². The van der Waals surface area contributed by atoms with E-state index in [2.05, 4.69) is 22.4 Å². The van der Waals surface area contributed by atoms with Crippen molar-refractivity contribution in [2.24, 2.45) is 4.99 Å². The van der Waals surface area contributed by atoms with Crippen molar-refractivity contribution in [1.29, 1.82) is 0 Å². The minimum atomic E-state index is 0.775. The Kier molecular flexibility index (Phi) is 1.90. The number of nitrogens with zero attached hydrogens (tertiary/aromatic N) is 1. The molecule has 2 heteroatoms. The SMILES string of the molecule is C1=NCC(c2ccccc2)=CN1. The van der Waals surface area contributed by atoms with Crippen molar-refractivity contribution in [3.8, 4) is 0 Å². The molecule has 0 unspecified atom stereocenters.